The second kappa shape index (κ2) is 8.15. The second-order valence-corrected chi connectivity index (χ2v) is 8.19. The van der Waals surface area contributed by atoms with E-state index in [-0.39, 0.29) is 11.9 Å². The third-order valence-corrected chi connectivity index (χ3v) is 4.55. The first-order chi connectivity index (χ1) is 12.5. The first-order valence-electron chi connectivity index (χ1n) is 9.32. The Labute approximate surface area is 160 Å². The van der Waals surface area contributed by atoms with E-state index in [2.05, 4.69) is 5.32 Å². The SMILES string of the molecule is CC(C)N(C)c1ccc(NC(=O)C2CCCN2C(=O)OC(C)(C)C)cc1F. The number of rotatable bonds is 4. The van der Waals surface area contributed by atoms with Crippen molar-refractivity contribution >= 4 is 23.4 Å². The first-order valence-corrected chi connectivity index (χ1v) is 9.32. The van der Waals surface area contributed by atoms with Gasteiger partial charge in [-0.05, 0) is 65.7 Å². The molecule has 0 saturated carbocycles. The van der Waals surface area contributed by atoms with Gasteiger partial charge in [-0.3, -0.25) is 9.69 Å². The molecular weight excluding hydrogens is 349 g/mol. The van der Waals surface area contributed by atoms with Gasteiger partial charge in [-0.25, -0.2) is 9.18 Å². The van der Waals surface area contributed by atoms with E-state index in [4.69, 9.17) is 4.74 Å². The summed E-state index contributed by atoms with van der Waals surface area (Å²) in [7, 11) is 1.82. The van der Waals surface area contributed by atoms with Crippen molar-refractivity contribution in [3.8, 4) is 0 Å². The Morgan fingerprint density at radius 1 is 1.33 bits per heavy atom. The molecule has 1 saturated heterocycles. The van der Waals surface area contributed by atoms with Gasteiger partial charge in [0.1, 0.15) is 17.5 Å². The van der Waals surface area contributed by atoms with Crippen molar-refractivity contribution in [1.82, 2.24) is 4.90 Å². The fraction of sp³-hybridized carbons (Fsp3) is 0.600. The van der Waals surface area contributed by atoms with Crippen LogP contribution in [0.1, 0.15) is 47.5 Å². The van der Waals surface area contributed by atoms with Crippen LogP contribution in [0.5, 0.6) is 0 Å². The summed E-state index contributed by atoms with van der Waals surface area (Å²) in [6.45, 7) is 9.78. The van der Waals surface area contributed by atoms with Crippen LogP contribution in [0.4, 0.5) is 20.6 Å². The molecule has 1 aliphatic heterocycles. The molecule has 1 heterocycles. The van der Waals surface area contributed by atoms with Gasteiger partial charge in [-0.2, -0.15) is 0 Å². The number of ether oxygens (including phenoxy) is 1. The number of hydrogen-bond donors (Lipinski definition) is 1. The summed E-state index contributed by atoms with van der Waals surface area (Å²) in [6.07, 6.45) is 0.783. The van der Waals surface area contributed by atoms with Gasteiger partial charge in [0.25, 0.3) is 0 Å². The van der Waals surface area contributed by atoms with Crippen LogP contribution >= 0.6 is 0 Å². The Bertz CT molecular complexity index is 700. The van der Waals surface area contributed by atoms with Crippen LogP contribution in [0.2, 0.25) is 0 Å². The lowest BCUT2D eigenvalue weighted by Gasteiger charge is -2.28. The monoisotopic (exact) mass is 379 g/mol. The van der Waals surface area contributed by atoms with Crippen LogP contribution in [0.25, 0.3) is 0 Å². The molecule has 27 heavy (non-hydrogen) atoms. The molecule has 0 spiro atoms. The van der Waals surface area contributed by atoms with Crippen LogP contribution in [-0.4, -0.2) is 48.2 Å². The zero-order valence-electron chi connectivity index (χ0n) is 17.0. The number of carbonyl (C=O) groups is 2. The number of likely N-dealkylation sites (tertiary alicyclic amines) is 1. The zero-order chi connectivity index (χ0) is 20.4. The van der Waals surface area contributed by atoms with E-state index in [0.717, 1.165) is 6.42 Å². The highest BCUT2D eigenvalue weighted by Gasteiger charge is 2.36. The van der Waals surface area contributed by atoms with E-state index in [1.54, 1.807) is 32.9 Å². The Kier molecular flexibility index (Phi) is 6.34. The van der Waals surface area contributed by atoms with Crippen LogP contribution in [0, 0.1) is 5.82 Å². The molecule has 1 aliphatic rings. The summed E-state index contributed by atoms with van der Waals surface area (Å²) in [5, 5.41) is 2.72. The van der Waals surface area contributed by atoms with Gasteiger partial charge < -0.3 is 15.0 Å². The molecule has 0 bridgehead atoms. The number of benzene rings is 1. The molecule has 1 atom stereocenters. The fourth-order valence-electron chi connectivity index (χ4n) is 2.95. The van der Waals surface area contributed by atoms with Crippen molar-refractivity contribution in [2.24, 2.45) is 0 Å². The molecule has 1 aromatic rings. The summed E-state index contributed by atoms with van der Waals surface area (Å²) in [6, 6.07) is 4.16. The Morgan fingerprint density at radius 3 is 2.56 bits per heavy atom. The minimum absolute atomic E-state index is 0.154. The molecule has 150 valence electrons. The Balaban J connectivity index is 2.08. The third kappa shape index (κ3) is 5.34. The third-order valence-electron chi connectivity index (χ3n) is 4.55. The predicted octanol–water partition coefficient (Wildman–Crippen LogP) is 4.01. The maximum Gasteiger partial charge on any atom is 0.410 e. The highest BCUT2D eigenvalue weighted by atomic mass is 19.1. The molecule has 0 radical (unpaired) electrons. The zero-order valence-corrected chi connectivity index (χ0v) is 17.0. The van der Waals surface area contributed by atoms with Crippen LogP contribution < -0.4 is 10.2 Å². The molecular formula is C20H30FN3O3. The van der Waals surface area contributed by atoms with Gasteiger partial charge in [0.2, 0.25) is 5.91 Å². The van der Waals surface area contributed by atoms with Gasteiger partial charge in [-0.1, -0.05) is 0 Å². The van der Waals surface area contributed by atoms with Gasteiger partial charge >= 0.3 is 6.09 Å². The van der Waals surface area contributed by atoms with E-state index < -0.39 is 23.6 Å². The lowest BCUT2D eigenvalue weighted by atomic mass is 10.2. The minimum Gasteiger partial charge on any atom is -0.444 e. The van der Waals surface area contributed by atoms with Crippen LogP contribution in [0.15, 0.2) is 18.2 Å². The standard InChI is InChI=1S/C20H30FN3O3/c1-13(2)23(6)16-10-9-14(12-15(16)21)22-18(25)17-8-7-11-24(17)19(26)27-20(3,4)5/h9-10,12-13,17H,7-8,11H2,1-6H3,(H,22,25). The second-order valence-electron chi connectivity index (χ2n) is 8.19. The number of amides is 2. The van der Waals surface area contributed by atoms with Crippen LogP contribution in [0.3, 0.4) is 0 Å². The van der Waals surface area contributed by atoms with Crippen molar-refractivity contribution in [2.75, 3.05) is 23.8 Å². The fourth-order valence-corrected chi connectivity index (χ4v) is 2.95. The summed E-state index contributed by atoms with van der Waals surface area (Å²) in [4.78, 5) is 28.2. The number of nitrogens with zero attached hydrogens (tertiary/aromatic N) is 2. The van der Waals surface area contributed by atoms with E-state index in [1.165, 1.54) is 11.0 Å². The molecule has 1 unspecified atom stereocenters. The van der Waals surface area contributed by atoms with Crippen molar-refractivity contribution < 1.29 is 18.7 Å². The summed E-state index contributed by atoms with van der Waals surface area (Å²) in [5.41, 5.74) is 0.218. The molecule has 2 rings (SSSR count). The van der Waals surface area contributed by atoms with Crippen molar-refractivity contribution in [3.63, 3.8) is 0 Å². The maximum absolute atomic E-state index is 14.4. The van der Waals surface area contributed by atoms with E-state index in [1.807, 2.05) is 25.8 Å². The highest BCUT2D eigenvalue weighted by Crippen LogP contribution is 2.25. The molecule has 2 amide bonds. The minimum atomic E-state index is -0.623. The summed E-state index contributed by atoms with van der Waals surface area (Å²) < 4.78 is 19.8. The van der Waals surface area contributed by atoms with Gasteiger partial charge in [-0.15, -0.1) is 0 Å². The largest absolute Gasteiger partial charge is 0.444 e. The van der Waals surface area contributed by atoms with E-state index in [9.17, 15) is 14.0 Å². The summed E-state index contributed by atoms with van der Waals surface area (Å²) >= 11 is 0. The summed E-state index contributed by atoms with van der Waals surface area (Å²) in [5.74, 6) is -0.734. The maximum atomic E-state index is 14.4. The molecule has 6 nitrogen and oxygen atoms in total. The number of anilines is 2. The van der Waals surface area contributed by atoms with Crippen molar-refractivity contribution in [3.05, 3.63) is 24.0 Å². The number of carbonyl (C=O) groups excluding carboxylic acids is 2. The van der Waals surface area contributed by atoms with Crippen molar-refractivity contribution in [1.29, 1.82) is 0 Å². The quantitative estimate of drug-likeness (QED) is 0.859. The molecule has 7 heteroatoms. The molecule has 1 N–H and O–H groups in total. The molecule has 0 aliphatic carbocycles. The van der Waals surface area contributed by atoms with Gasteiger partial charge in [0.15, 0.2) is 0 Å². The van der Waals surface area contributed by atoms with E-state index in [0.29, 0.717) is 24.3 Å². The van der Waals surface area contributed by atoms with Gasteiger partial charge in [0.05, 0.1) is 5.69 Å². The first kappa shape index (κ1) is 21.0. The Hall–Kier alpha value is -2.31. The topological polar surface area (TPSA) is 61.9 Å². The van der Waals surface area contributed by atoms with Gasteiger partial charge in [0, 0.05) is 25.3 Å². The lowest BCUT2D eigenvalue weighted by molar-refractivity contribution is -0.120. The number of halogens is 1. The normalized spacial score (nSPS) is 17.2. The predicted molar refractivity (Wildman–Crippen MR) is 105 cm³/mol. The lowest BCUT2D eigenvalue weighted by Crippen LogP contribution is -2.45. The Morgan fingerprint density at radius 2 is 2.00 bits per heavy atom. The van der Waals surface area contributed by atoms with E-state index >= 15 is 0 Å². The smallest absolute Gasteiger partial charge is 0.410 e. The van der Waals surface area contributed by atoms with Crippen molar-refractivity contribution in [2.45, 2.75) is 65.1 Å². The molecule has 0 aromatic heterocycles. The molecule has 1 aromatic carbocycles. The molecule has 1 fully saturated rings. The number of nitrogens with one attached hydrogen (secondary N) is 1. The van der Waals surface area contributed by atoms with Crippen LogP contribution in [-0.2, 0) is 9.53 Å². The average molecular weight is 379 g/mol. The number of hydrogen-bond acceptors (Lipinski definition) is 4. The highest BCUT2D eigenvalue weighted by molar-refractivity contribution is 5.97. The average Bonchev–Trinajstić information content (AvgIpc) is 3.02.